The summed E-state index contributed by atoms with van der Waals surface area (Å²) in [6, 6.07) is 0. The van der Waals surface area contributed by atoms with Crippen LogP contribution in [0.15, 0.2) is 0 Å². The van der Waals surface area contributed by atoms with E-state index in [9.17, 15) is 0 Å². The first-order chi connectivity index (χ1) is 9.90. The van der Waals surface area contributed by atoms with Gasteiger partial charge in [0.1, 0.15) is 0 Å². The maximum Gasteiger partial charge on any atom is 0.158 e. The third-order valence-electron chi connectivity index (χ3n) is 7.27. The minimum Gasteiger partial charge on any atom is -0.350 e. The second-order valence-electron chi connectivity index (χ2n) is 8.61. The van der Waals surface area contributed by atoms with Gasteiger partial charge >= 0.3 is 0 Å². The van der Waals surface area contributed by atoms with Gasteiger partial charge in [0.15, 0.2) is 6.29 Å². The molecule has 0 unspecified atom stereocenters. The molecule has 1 aliphatic heterocycles. The molecule has 1 heterocycles. The zero-order valence-corrected chi connectivity index (χ0v) is 14.7. The average Bonchev–Trinajstić information content (AvgIpc) is 2.96. The number of unbranched alkanes of at least 4 members (excludes halogenated alkanes) is 2. The van der Waals surface area contributed by atoms with E-state index < -0.39 is 0 Å². The van der Waals surface area contributed by atoms with Crippen molar-refractivity contribution in [1.82, 2.24) is 0 Å². The highest BCUT2D eigenvalue weighted by molar-refractivity contribution is 5.16. The Morgan fingerprint density at radius 3 is 2.67 bits per heavy atom. The van der Waals surface area contributed by atoms with E-state index in [2.05, 4.69) is 34.6 Å². The molecule has 122 valence electrons. The molecule has 0 radical (unpaired) electrons. The van der Waals surface area contributed by atoms with Crippen LogP contribution < -0.4 is 0 Å². The molecule has 21 heavy (non-hydrogen) atoms. The minimum atomic E-state index is 0.0626. The predicted molar refractivity (Wildman–Crippen MR) is 86.1 cm³/mol. The van der Waals surface area contributed by atoms with E-state index in [4.69, 9.17) is 9.47 Å². The molecule has 3 aliphatic rings. The lowest BCUT2D eigenvalue weighted by atomic mass is 9.70. The Hall–Kier alpha value is -0.0800. The summed E-state index contributed by atoms with van der Waals surface area (Å²) in [6.07, 6.45) is 9.78. The fourth-order valence-corrected chi connectivity index (χ4v) is 5.58. The third kappa shape index (κ3) is 2.37. The Labute approximate surface area is 131 Å². The topological polar surface area (TPSA) is 18.5 Å². The van der Waals surface area contributed by atoms with Crippen LogP contribution in [0.5, 0.6) is 0 Å². The van der Waals surface area contributed by atoms with Gasteiger partial charge in [-0.25, -0.2) is 0 Å². The highest BCUT2D eigenvalue weighted by Crippen LogP contribution is 2.71. The molecule has 3 rings (SSSR count). The van der Waals surface area contributed by atoms with Gasteiger partial charge in [0, 0.05) is 6.42 Å². The molecule has 2 heteroatoms. The lowest BCUT2D eigenvalue weighted by Crippen LogP contribution is -2.38. The number of ether oxygens (including phenoxy) is 2. The van der Waals surface area contributed by atoms with Gasteiger partial charge in [-0.2, -0.15) is 0 Å². The number of fused-ring (bicyclic) bond motifs is 5. The molecule has 3 fully saturated rings. The van der Waals surface area contributed by atoms with Gasteiger partial charge in [-0.1, -0.05) is 47.0 Å². The maximum absolute atomic E-state index is 6.41. The predicted octanol–water partition coefficient (Wildman–Crippen LogP) is 5.16. The van der Waals surface area contributed by atoms with Crippen LogP contribution in [0, 0.1) is 22.7 Å². The van der Waals surface area contributed by atoms with Crippen molar-refractivity contribution in [2.24, 2.45) is 22.7 Å². The van der Waals surface area contributed by atoms with Crippen LogP contribution in [0.2, 0.25) is 0 Å². The molecule has 2 nitrogen and oxygen atoms in total. The summed E-state index contributed by atoms with van der Waals surface area (Å²) >= 11 is 0. The van der Waals surface area contributed by atoms with E-state index >= 15 is 0 Å². The number of hydrogen-bond acceptors (Lipinski definition) is 2. The molecule has 0 aromatic rings. The van der Waals surface area contributed by atoms with Crippen LogP contribution in [0.1, 0.15) is 79.6 Å². The first-order valence-electron chi connectivity index (χ1n) is 9.21. The summed E-state index contributed by atoms with van der Waals surface area (Å²) in [5.74, 6) is 1.59. The van der Waals surface area contributed by atoms with Gasteiger partial charge in [-0.15, -0.1) is 0 Å². The molecule has 0 spiro atoms. The van der Waals surface area contributed by atoms with Gasteiger partial charge < -0.3 is 9.47 Å². The zero-order valence-electron chi connectivity index (χ0n) is 14.7. The molecule has 6 atom stereocenters. The Morgan fingerprint density at radius 1 is 1.24 bits per heavy atom. The maximum atomic E-state index is 6.41. The minimum absolute atomic E-state index is 0.0626. The lowest BCUT2D eigenvalue weighted by Gasteiger charge is -2.38. The van der Waals surface area contributed by atoms with Gasteiger partial charge in [-0.3, -0.25) is 0 Å². The summed E-state index contributed by atoms with van der Waals surface area (Å²) in [5, 5.41) is 0. The van der Waals surface area contributed by atoms with Crippen LogP contribution in [-0.4, -0.2) is 18.5 Å². The van der Waals surface area contributed by atoms with Crippen molar-refractivity contribution in [3.05, 3.63) is 0 Å². The van der Waals surface area contributed by atoms with E-state index in [1.165, 1.54) is 38.5 Å². The first-order valence-corrected chi connectivity index (χ1v) is 9.21. The van der Waals surface area contributed by atoms with E-state index in [0.717, 1.165) is 18.3 Å². The Balaban J connectivity index is 1.56. The second kappa shape index (κ2) is 5.53. The Bertz CT molecular complexity index is 378. The van der Waals surface area contributed by atoms with Crippen molar-refractivity contribution in [2.75, 3.05) is 0 Å². The molecule has 0 N–H and O–H groups in total. The molecule has 2 bridgehead atoms. The molecule has 0 aromatic heterocycles. The molecular formula is C19H34O2. The van der Waals surface area contributed by atoms with Gasteiger partial charge in [-0.05, 0) is 48.9 Å². The monoisotopic (exact) mass is 294 g/mol. The number of rotatable bonds is 6. The van der Waals surface area contributed by atoms with Crippen molar-refractivity contribution in [2.45, 2.75) is 98.1 Å². The normalized spacial score (nSPS) is 45.0. The van der Waals surface area contributed by atoms with E-state index in [-0.39, 0.29) is 6.29 Å². The van der Waals surface area contributed by atoms with Crippen molar-refractivity contribution in [1.29, 1.82) is 0 Å². The van der Waals surface area contributed by atoms with Crippen molar-refractivity contribution < 1.29 is 9.47 Å². The summed E-state index contributed by atoms with van der Waals surface area (Å²) in [5.41, 5.74) is 0.811. The molecule has 0 aromatic carbocycles. The van der Waals surface area contributed by atoms with Gasteiger partial charge in [0.05, 0.1) is 12.2 Å². The van der Waals surface area contributed by atoms with E-state index in [0.29, 0.717) is 23.0 Å². The summed E-state index contributed by atoms with van der Waals surface area (Å²) < 4.78 is 12.6. The van der Waals surface area contributed by atoms with Crippen LogP contribution >= 0.6 is 0 Å². The van der Waals surface area contributed by atoms with Crippen LogP contribution in [0.3, 0.4) is 0 Å². The molecule has 0 amide bonds. The van der Waals surface area contributed by atoms with Gasteiger partial charge in [0.25, 0.3) is 0 Å². The van der Waals surface area contributed by atoms with E-state index in [1.54, 1.807) is 0 Å². The highest BCUT2D eigenvalue weighted by atomic mass is 16.7. The van der Waals surface area contributed by atoms with Crippen LogP contribution in [-0.2, 0) is 9.47 Å². The van der Waals surface area contributed by atoms with Crippen molar-refractivity contribution in [3.8, 4) is 0 Å². The molecular weight excluding hydrogens is 260 g/mol. The number of hydrogen-bond donors (Lipinski definition) is 0. The fraction of sp³-hybridized carbons (Fsp3) is 1.00. The largest absolute Gasteiger partial charge is 0.350 e. The Morgan fingerprint density at radius 2 is 2.00 bits per heavy atom. The summed E-state index contributed by atoms with van der Waals surface area (Å²) in [4.78, 5) is 0. The van der Waals surface area contributed by atoms with Crippen LogP contribution in [0.25, 0.3) is 0 Å². The summed E-state index contributed by atoms with van der Waals surface area (Å²) in [7, 11) is 0. The SMILES string of the molecule is CCCCC[C@H](C)O[C@@H]1C[C@H]2[C@H]3CC[C@@](C)([C@H]2O1)C3(C)C. The van der Waals surface area contributed by atoms with Crippen molar-refractivity contribution >= 4 is 0 Å². The standard InChI is InChI=1S/C19H34O2/c1-6-7-8-9-13(2)20-16-12-14-15-10-11-19(5,17(14)21-16)18(15,3)4/h13-17H,6-12H2,1-5H3/t13-,14-,15+,16-,17-,19-/m0/s1. The van der Waals surface area contributed by atoms with Crippen molar-refractivity contribution in [3.63, 3.8) is 0 Å². The lowest BCUT2D eigenvalue weighted by molar-refractivity contribution is -0.183. The molecule has 1 saturated heterocycles. The smallest absolute Gasteiger partial charge is 0.158 e. The zero-order chi connectivity index (χ0) is 15.3. The quantitative estimate of drug-likeness (QED) is 0.630. The molecule has 2 saturated carbocycles. The first kappa shape index (κ1) is 15.8. The fourth-order valence-electron chi connectivity index (χ4n) is 5.58. The highest BCUT2D eigenvalue weighted by Gasteiger charge is 2.69. The average molecular weight is 294 g/mol. The third-order valence-corrected chi connectivity index (χ3v) is 7.27. The summed E-state index contributed by atoms with van der Waals surface area (Å²) in [6.45, 7) is 11.9. The molecule has 2 aliphatic carbocycles. The second-order valence-corrected chi connectivity index (χ2v) is 8.61. The van der Waals surface area contributed by atoms with Crippen LogP contribution in [0.4, 0.5) is 0 Å². The Kier molecular flexibility index (Phi) is 4.16. The van der Waals surface area contributed by atoms with E-state index in [1.807, 2.05) is 0 Å². The van der Waals surface area contributed by atoms with Gasteiger partial charge in [0.2, 0.25) is 0 Å².